The molecule has 0 radical (unpaired) electrons. The van der Waals surface area contributed by atoms with Gasteiger partial charge in [0.1, 0.15) is 5.76 Å². The fourth-order valence-corrected chi connectivity index (χ4v) is 12.6. The first-order valence-electron chi connectivity index (χ1n) is 15.4. The number of hydrogen-bond donors (Lipinski definition) is 0. The molecule has 41 heavy (non-hydrogen) atoms. The van der Waals surface area contributed by atoms with Gasteiger partial charge in [0.05, 0.1) is 14.9 Å². The Morgan fingerprint density at radius 2 is 1.61 bits per heavy atom. The number of carbonyl (C=O) groups is 1. The predicted molar refractivity (Wildman–Crippen MR) is 154 cm³/mol. The lowest BCUT2D eigenvalue weighted by Crippen LogP contribution is -2.66. The van der Waals surface area contributed by atoms with Gasteiger partial charge in [-0.15, -0.1) is 0 Å². The average molecular weight is 621 g/mol. The van der Waals surface area contributed by atoms with Crippen LogP contribution in [0, 0.1) is 62.6 Å². The third-order valence-electron chi connectivity index (χ3n) is 13.8. The second kappa shape index (κ2) is 9.59. The van der Waals surface area contributed by atoms with Crippen LogP contribution < -0.4 is 0 Å². The minimum atomic E-state index is -5.73. The topological polar surface area (TPSA) is 69.7 Å². The van der Waals surface area contributed by atoms with Gasteiger partial charge >= 0.3 is 21.6 Å². The molecule has 0 bridgehead atoms. The summed E-state index contributed by atoms with van der Waals surface area (Å²) in [5.74, 6) is 1.81. The van der Waals surface area contributed by atoms with E-state index in [0.717, 1.165) is 51.4 Å². The molecule has 0 spiro atoms. The van der Waals surface area contributed by atoms with Gasteiger partial charge in [-0.05, 0) is 116 Å². The van der Waals surface area contributed by atoms with Crippen molar-refractivity contribution >= 4 is 25.6 Å². The number of allylic oxidation sites excluding steroid dienone is 2. The van der Waals surface area contributed by atoms with Crippen LogP contribution in [0.4, 0.5) is 13.2 Å². The molecule has 0 aromatic rings. The lowest BCUT2D eigenvalue weighted by atomic mass is 9.32. The molecule has 0 aromatic carbocycles. The van der Waals surface area contributed by atoms with E-state index >= 15 is 0 Å². The smallest absolute Gasteiger partial charge is 0.451 e. The minimum Gasteiger partial charge on any atom is -0.451 e. The highest BCUT2D eigenvalue weighted by Crippen LogP contribution is 2.77. The van der Waals surface area contributed by atoms with Crippen LogP contribution in [0.3, 0.4) is 0 Å². The summed E-state index contributed by atoms with van der Waals surface area (Å²) in [6, 6.07) is 0. The Kier molecular flexibility index (Phi) is 7.39. The van der Waals surface area contributed by atoms with E-state index in [9.17, 15) is 26.4 Å². The van der Waals surface area contributed by atoms with E-state index in [2.05, 4.69) is 44.1 Å². The molecule has 10 atom stereocenters. The lowest BCUT2D eigenvalue weighted by Gasteiger charge is -2.72. The summed E-state index contributed by atoms with van der Waals surface area (Å²) < 4.78 is 73.8. The van der Waals surface area contributed by atoms with Gasteiger partial charge < -0.3 is 8.71 Å². The van der Waals surface area contributed by atoms with Crippen LogP contribution in [-0.2, 0) is 23.6 Å². The molecule has 0 amide bonds. The highest BCUT2D eigenvalue weighted by Gasteiger charge is 2.72. The maximum absolute atomic E-state index is 13.4. The maximum atomic E-state index is 13.4. The predicted octanol–water partition coefficient (Wildman–Crippen LogP) is 8.42. The zero-order valence-electron chi connectivity index (χ0n) is 25.6. The Morgan fingerprint density at radius 3 is 2.20 bits per heavy atom. The van der Waals surface area contributed by atoms with Gasteiger partial charge in [0, 0.05) is 5.41 Å². The third kappa shape index (κ3) is 4.15. The average Bonchev–Trinajstić information content (AvgIpc) is 3.26. The van der Waals surface area contributed by atoms with E-state index in [-0.39, 0.29) is 39.8 Å². The molecule has 0 heterocycles. The molecule has 5 rings (SSSR count). The molecule has 4 saturated carbocycles. The molecule has 10 heteroatoms. The van der Waals surface area contributed by atoms with Crippen molar-refractivity contribution in [3.05, 3.63) is 11.8 Å². The number of carbonyl (C=O) groups excluding carboxylic acids is 1. The molecular formula is C31H48F3O5PS. The van der Waals surface area contributed by atoms with Gasteiger partial charge in [-0.1, -0.05) is 48.5 Å². The van der Waals surface area contributed by atoms with Crippen LogP contribution in [0.5, 0.6) is 0 Å². The minimum absolute atomic E-state index is 0.0113. The van der Waals surface area contributed by atoms with E-state index in [4.69, 9.17) is 8.71 Å². The number of alkyl halides is 3. The summed E-state index contributed by atoms with van der Waals surface area (Å²) in [5, 5.41) is 0. The molecular weight excluding hydrogens is 572 g/mol. The molecule has 5 aliphatic rings. The quantitative estimate of drug-likeness (QED) is 0.179. The van der Waals surface area contributed by atoms with E-state index in [1.54, 1.807) is 6.08 Å². The Bertz CT molecular complexity index is 1230. The number of fused-ring (bicyclic) bond motifs is 7. The molecule has 1 unspecified atom stereocenters. The zero-order chi connectivity index (χ0) is 30.6. The van der Waals surface area contributed by atoms with Crippen LogP contribution in [-0.4, -0.2) is 19.9 Å². The summed E-state index contributed by atoms with van der Waals surface area (Å²) in [7, 11) is -3.53. The van der Waals surface area contributed by atoms with E-state index < -0.39 is 26.5 Å². The first-order chi connectivity index (χ1) is 18.7. The van der Waals surface area contributed by atoms with Crippen molar-refractivity contribution < 1.29 is 35.1 Å². The molecule has 0 aromatic heterocycles. The second-order valence-corrected chi connectivity index (χ2v) is 17.5. The fraction of sp³-hybridized carbons (Fsp3) is 0.903. The highest BCUT2D eigenvalue weighted by molar-refractivity contribution is 7.87. The van der Waals surface area contributed by atoms with Gasteiger partial charge in [0.2, 0.25) is 0 Å². The van der Waals surface area contributed by atoms with Crippen molar-refractivity contribution in [3.63, 3.8) is 0 Å². The van der Waals surface area contributed by atoms with Crippen LogP contribution >= 0.6 is 9.47 Å². The monoisotopic (exact) mass is 620 g/mol. The molecule has 5 aliphatic carbocycles. The molecule has 0 saturated heterocycles. The van der Waals surface area contributed by atoms with Crippen molar-refractivity contribution in [2.24, 2.45) is 62.6 Å². The summed E-state index contributed by atoms with van der Waals surface area (Å²) >= 11 is 0. The summed E-state index contributed by atoms with van der Waals surface area (Å²) in [5.41, 5.74) is -6.95. The molecule has 5 nitrogen and oxygen atoms in total. The van der Waals surface area contributed by atoms with Gasteiger partial charge in [-0.2, -0.15) is 21.6 Å². The highest BCUT2D eigenvalue weighted by atomic mass is 32.2. The first kappa shape index (κ1) is 31.6. The standard InChI is InChI=1S/C31H48F3O5PS/c1-18(2)19-10-15-30(25(35)38-40)17-16-28(6)20(24(19)30)8-9-22-27(5)13-12-23(39-41(36,37)31(32,33)34)26(3,4)21(27)11-14-29(22,28)7/h12,18-22,24H,8-11,13-17,40H2,1-7H3/t19-,20+,21-,22+,24+,27-,28+,29+,30-/m0/s1. The SMILES string of the molecule is CC(C)[C@@H]1CC[C@]2(C(=O)OP)CC[C@]3(C)[C@H](CC[C@@H]4[C@@]5(C)CC=C(OS(=O)(=O)C(F)(F)F)C(C)(C)[C@@H]5CC[C@]43C)[C@@H]12. The van der Waals surface area contributed by atoms with Crippen molar-refractivity contribution in [1.82, 2.24) is 0 Å². The second-order valence-electron chi connectivity index (χ2n) is 15.7. The molecule has 234 valence electrons. The van der Waals surface area contributed by atoms with Gasteiger partial charge in [0.25, 0.3) is 0 Å². The fourth-order valence-electron chi connectivity index (χ4n) is 11.8. The third-order valence-corrected chi connectivity index (χ3v) is 15.0. The van der Waals surface area contributed by atoms with Crippen LogP contribution in [0.1, 0.15) is 106 Å². The Labute approximate surface area is 246 Å². The first-order valence-corrected chi connectivity index (χ1v) is 17.2. The van der Waals surface area contributed by atoms with Crippen molar-refractivity contribution in [3.8, 4) is 0 Å². The lowest BCUT2D eigenvalue weighted by molar-refractivity contribution is -0.232. The van der Waals surface area contributed by atoms with E-state index in [1.165, 1.54) is 0 Å². The van der Waals surface area contributed by atoms with E-state index in [1.807, 2.05) is 13.8 Å². The van der Waals surface area contributed by atoms with Crippen LogP contribution in [0.15, 0.2) is 11.8 Å². The largest absolute Gasteiger partial charge is 0.534 e. The Balaban J connectivity index is 1.52. The van der Waals surface area contributed by atoms with Gasteiger partial charge in [0.15, 0.2) is 0 Å². The molecule has 0 N–H and O–H groups in total. The normalized spacial score (nSPS) is 45.6. The van der Waals surface area contributed by atoms with Crippen molar-refractivity contribution in [2.75, 3.05) is 0 Å². The maximum Gasteiger partial charge on any atom is 0.534 e. The Morgan fingerprint density at radius 1 is 0.951 bits per heavy atom. The summed E-state index contributed by atoms with van der Waals surface area (Å²) in [6.07, 6.45) is 9.61. The molecule has 0 aliphatic heterocycles. The van der Waals surface area contributed by atoms with Gasteiger partial charge in [-0.25, -0.2) is 0 Å². The van der Waals surface area contributed by atoms with Crippen LogP contribution in [0.2, 0.25) is 0 Å². The zero-order valence-corrected chi connectivity index (χ0v) is 27.5. The van der Waals surface area contributed by atoms with Crippen LogP contribution in [0.25, 0.3) is 0 Å². The number of rotatable bonds is 4. The van der Waals surface area contributed by atoms with E-state index in [0.29, 0.717) is 30.1 Å². The summed E-state index contributed by atoms with van der Waals surface area (Å²) in [6.45, 7) is 15.5. The summed E-state index contributed by atoms with van der Waals surface area (Å²) in [4.78, 5) is 13.4. The van der Waals surface area contributed by atoms with Crippen molar-refractivity contribution in [2.45, 2.75) is 112 Å². The van der Waals surface area contributed by atoms with Crippen molar-refractivity contribution in [1.29, 1.82) is 0 Å². The molecule has 4 fully saturated rings. The van der Waals surface area contributed by atoms with Gasteiger partial charge in [-0.3, -0.25) is 4.79 Å². The number of hydrogen-bond acceptors (Lipinski definition) is 5. The number of halogens is 3. The Hall–Kier alpha value is -0.820.